The zero-order valence-corrected chi connectivity index (χ0v) is 12.5. The van der Waals surface area contributed by atoms with E-state index in [2.05, 4.69) is 12.2 Å². The molecule has 0 bridgehead atoms. The molecule has 18 heavy (non-hydrogen) atoms. The summed E-state index contributed by atoms with van der Waals surface area (Å²) in [6.45, 7) is 6.20. The number of hydrogen-bond acceptors (Lipinski definition) is 4. The third-order valence-corrected chi connectivity index (χ3v) is 6.62. The summed E-state index contributed by atoms with van der Waals surface area (Å²) in [7, 11) is -3.26. The highest BCUT2D eigenvalue weighted by Crippen LogP contribution is 2.26. The van der Waals surface area contributed by atoms with Crippen molar-refractivity contribution in [2.75, 3.05) is 19.6 Å². The normalized spacial score (nSPS) is 19.2. The second-order valence-corrected chi connectivity index (χ2v) is 8.05. The number of piperidine rings is 1. The molecule has 102 valence electrons. The summed E-state index contributed by atoms with van der Waals surface area (Å²) in [5, 5.41) is 3.38. The summed E-state index contributed by atoms with van der Waals surface area (Å²) in [6.07, 6.45) is 1.80. The smallest absolute Gasteiger partial charge is 0.252 e. The van der Waals surface area contributed by atoms with Gasteiger partial charge in [-0.2, -0.15) is 4.31 Å². The molecule has 0 aliphatic carbocycles. The van der Waals surface area contributed by atoms with E-state index in [-0.39, 0.29) is 0 Å². The Morgan fingerprint density at radius 1 is 1.39 bits per heavy atom. The van der Waals surface area contributed by atoms with Gasteiger partial charge < -0.3 is 5.32 Å². The van der Waals surface area contributed by atoms with E-state index in [1.807, 2.05) is 13.0 Å². The first kappa shape index (κ1) is 14.0. The Balaban J connectivity index is 2.05. The monoisotopic (exact) mass is 288 g/mol. The number of sulfonamides is 1. The van der Waals surface area contributed by atoms with Crippen LogP contribution in [0.25, 0.3) is 0 Å². The highest BCUT2D eigenvalue weighted by Gasteiger charge is 2.29. The van der Waals surface area contributed by atoms with E-state index in [0.717, 1.165) is 24.3 Å². The van der Waals surface area contributed by atoms with Gasteiger partial charge in [0.25, 0.3) is 10.0 Å². The molecule has 1 aliphatic rings. The zero-order chi connectivity index (χ0) is 13.2. The van der Waals surface area contributed by atoms with Crippen LogP contribution in [0.2, 0.25) is 0 Å². The van der Waals surface area contributed by atoms with Gasteiger partial charge in [0.15, 0.2) is 0 Å². The molecule has 2 rings (SSSR count). The number of nitrogens with zero attached hydrogens (tertiary/aromatic N) is 1. The van der Waals surface area contributed by atoms with Gasteiger partial charge in [0.2, 0.25) is 0 Å². The fourth-order valence-electron chi connectivity index (χ4n) is 2.27. The summed E-state index contributed by atoms with van der Waals surface area (Å²) < 4.78 is 26.9. The standard InChI is InChI=1S/C12H20N2O2S2/c1-3-13-11-6-8-14(9-7-11)18(15,16)12-5-4-10(2)17-12/h4-5,11,13H,3,6-9H2,1-2H3. The van der Waals surface area contributed by atoms with Crippen molar-refractivity contribution in [2.45, 2.75) is 36.9 Å². The van der Waals surface area contributed by atoms with Crippen LogP contribution in [0.5, 0.6) is 0 Å². The lowest BCUT2D eigenvalue weighted by Crippen LogP contribution is -2.44. The van der Waals surface area contributed by atoms with E-state index >= 15 is 0 Å². The Kier molecular flexibility index (Phi) is 4.42. The molecule has 1 N–H and O–H groups in total. The Bertz CT molecular complexity index is 488. The van der Waals surface area contributed by atoms with Gasteiger partial charge in [-0.05, 0) is 38.4 Å². The van der Waals surface area contributed by atoms with Crippen molar-refractivity contribution in [1.82, 2.24) is 9.62 Å². The third-order valence-electron chi connectivity index (χ3n) is 3.26. The molecule has 0 atom stereocenters. The molecule has 1 saturated heterocycles. The van der Waals surface area contributed by atoms with E-state index in [4.69, 9.17) is 0 Å². The predicted octanol–water partition coefficient (Wildman–Crippen LogP) is 1.82. The second kappa shape index (κ2) is 5.69. The molecular weight excluding hydrogens is 268 g/mol. The highest BCUT2D eigenvalue weighted by molar-refractivity contribution is 7.91. The van der Waals surface area contributed by atoms with Gasteiger partial charge in [0.1, 0.15) is 4.21 Å². The molecule has 1 aromatic rings. The van der Waals surface area contributed by atoms with E-state index in [1.165, 1.54) is 11.3 Å². The highest BCUT2D eigenvalue weighted by atomic mass is 32.2. The molecule has 0 spiro atoms. The maximum Gasteiger partial charge on any atom is 0.252 e. The SMILES string of the molecule is CCNC1CCN(S(=O)(=O)c2ccc(C)s2)CC1. The molecule has 0 radical (unpaired) electrons. The van der Waals surface area contributed by atoms with Crippen LogP contribution in [0.3, 0.4) is 0 Å². The summed E-state index contributed by atoms with van der Waals surface area (Å²) in [4.78, 5) is 1.04. The minimum Gasteiger partial charge on any atom is -0.314 e. The van der Waals surface area contributed by atoms with Gasteiger partial charge in [-0.25, -0.2) is 8.42 Å². The third kappa shape index (κ3) is 2.93. The van der Waals surface area contributed by atoms with Gasteiger partial charge in [0, 0.05) is 24.0 Å². The first-order valence-electron chi connectivity index (χ1n) is 6.34. The summed E-state index contributed by atoms with van der Waals surface area (Å²) >= 11 is 1.35. The minimum absolute atomic E-state index is 0.464. The average Bonchev–Trinajstić information content (AvgIpc) is 2.78. The molecular formula is C12H20N2O2S2. The molecule has 6 heteroatoms. The van der Waals surface area contributed by atoms with Gasteiger partial charge in [-0.15, -0.1) is 11.3 Å². The maximum absolute atomic E-state index is 12.4. The van der Waals surface area contributed by atoms with Crippen molar-refractivity contribution in [3.8, 4) is 0 Å². The van der Waals surface area contributed by atoms with Crippen molar-refractivity contribution >= 4 is 21.4 Å². The first-order valence-corrected chi connectivity index (χ1v) is 8.59. The summed E-state index contributed by atoms with van der Waals surface area (Å²) in [6, 6.07) is 4.04. The topological polar surface area (TPSA) is 49.4 Å². The molecule has 0 saturated carbocycles. The number of thiophene rings is 1. The molecule has 0 unspecified atom stereocenters. The van der Waals surface area contributed by atoms with Crippen LogP contribution in [0, 0.1) is 6.92 Å². The van der Waals surface area contributed by atoms with Crippen LogP contribution in [0.15, 0.2) is 16.3 Å². The van der Waals surface area contributed by atoms with Crippen LogP contribution in [-0.4, -0.2) is 38.4 Å². The zero-order valence-electron chi connectivity index (χ0n) is 10.8. The van der Waals surface area contributed by atoms with Gasteiger partial charge >= 0.3 is 0 Å². The number of nitrogens with one attached hydrogen (secondary N) is 1. The van der Waals surface area contributed by atoms with Crippen molar-refractivity contribution in [3.05, 3.63) is 17.0 Å². The molecule has 0 aromatic carbocycles. The predicted molar refractivity (Wildman–Crippen MR) is 74.5 cm³/mol. The van der Waals surface area contributed by atoms with E-state index in [9.17, 15) is 8.42 Å². The summed E-state index contributed by atoms with van der Waals surface area (Å²) in [5.74, 6) is 0. The Morgan fingerprint density at radius 3 is 2.56 bits per heavy atom. The van der Waals surface area contributed by atoms with Crippen molar-refractivity contribution in [2.24, 2.45) is 0 Å². The minimum atomic E-state index is -3.26. The maximum atomic E-state index is 12.4. The van der Waals surface area contributed by atoms with E-state index < -0.39 is 10.0 Å². The molecule has 1 aromatic heterocycles. The lowest BCUT2D eigenvalue weighted by molar-refractivity contribution is 0.293. The Hall–Kier alpha value is -0.430. The average molecular weight is 288 g/mol. The summed E-state index contributed by atoms with van der Waals surface area (Å²) in [5.41, 5.74) is 0. The number of aryl methyl sites for hydroxylation is 1. The number of rotatable bonds is 4. The van der Waals surface area contributed by atoms with Crippen LogP contribution in [-0.2, 0) is 10.0 Å². The second-order valence-electron chi connectivity index (χ2n) is 4.60. The fourth-order valence-corrected chi connectivity index (χ4v) is 5.17. The molecule has 1 aliphatic heterocycles. The molecule has 1 fully saturated rings. The van der Waals surface area contributed by atoms with Crippen molar-refractivity contribution < 1.29 is 8.42 Å². The van der Waals surface area contributed by atoms with Crippen LogP contribution in [0.1, 0.15) is 24.6 Å². The van der Waals surface area contributed by atoms with Crippen LogP contribution in [0.4, 0.5) is 0 Å². The van der Waals surface area contributed by atoms with Gasteiger partial charge in [-0.1, -0.05) is 6.92 Å². The Morgan fingerprint density at radius 2 is 2.06 bits per heavy atom. The first-order chi connectivity index (χ1) is 8.54. The molecule has 0 amide bonds. The van der Waals surface area contributed by atoms with Crippen molar-refractivity contribution in [3.63, 3.8) is 0 Å². The van der Waals surface area contributed by atoms with E-state index in [1.54, 1.807) is 10.4 Å². The molecule has 2 heterocycles. The number of hydrogen-bond donors (Lipinski definition) is 1. The molecule has 4 nitrogen and oxygen atoms in total. The van der Waals surface area contributed by atoms with E-state index in [0.29, 0.717) is 23.3 Å². The van der Waals surface area contributed by atoms with Gasteiger partial charge in [0.05, 0.1) is 0 Å². The van der Waals surface area contributed by atoms with Crippen LogP contribution >= 0.6 is 11.3 Å². The Labute approximate surface area is 113 Å². The van der Waals surface area contributed by atoms with Crippen molar-refractivity contribution in [1.29, 1.82) is 0 Å². The lowest BCUT2D eigenvalue weighted by Gasteiger charge is -2.31. The van der Waals surface area contributed by atoms with Crippen LogP contribution < -0.4 is 5.32 Å². The quantitative estimate of drug-likeness (QED) is 0.919. The van der Waals surface area contributed by atoms with Gasteiger partial charge in [-0.3, -0.25) is 0 Å². The largest absolute Gasteiger partial charge is 0.314 e. The lowest BCUT2D eigenvalue weighted by atomic mass is 10.1. The fraction of sp³-hybridized carbons (Fsp3) is 0.667.